The fourth-order valence-corrected chi connectivity index (χ4v) is 3.48. The van der Waals surface area contributed by atoms with E-state index in [0.717, 1.165) is 9.52 Å². The van der Waals surface area contributed by atoms with Crippen molar-refractivity contribution in [3.05, 3.63) is 44.8 Å². The van der Waals surface area contributed by atoms with Crippen LogP contribution in [0.4, 0.5) is 0 Å². The van der Waals surface area contributed by atoms with Crippen molar-refractivity contribution >= 4 is 30.0 Å². The smallest absolute Gasteiger partial charge is 0.0213 e. The zero-order chi connectivity index (χ0) is 16.7. The zero-order valence-corrected chi connectivity index (χ0v) is 25.0. The molecule has 0 saturated heterocycles. The Morgan fingerprint density at radius 2 is 1.05 bits per heavy atom. The molecule has 0 bridgehead atoms. The minimum absolute atomic E-state index is 0. The van der Waals surface area contributed by atoms with Crippen molar-refractivity contribution in [1.82, 2.24) is 0 Å². The molecule has 0 aromatic heterocycles. The number of hydrogen-bond acceptors (Lipinski definition) is 0. The molecule has 0 N–H and O–H groups in total. The minimum atomic E-state index is 0. The van der Waals surface area contributed by atoms with E-state index >= 15 is 0 Å². The Labute approximate surface area is 169 Å². The summed E-state index contributed by atoms with van der Waals surface area (Å²) in [6, 6.07) is 0. The van der Waals surface area contributed by atoms with Crippen LogP contribution < -0.4 is 0 Å². The largest absolute Gasteiger partial charge is 1.00 e. The van der Waals surface area contributed by atoms with Gasteiger partial charge in [-0.15, -0.1) is 0 Å². The van der Waals surface area contributed by atoms with E-state index in [1.807, 2.05) is 0 Å². The Morgan fingerprint density at radius 3 is 1.09 bits per heavy atom. The molecule has 0 spiro atoms. The average Bonchev–Trinajstić information content (AvgIpc) is 2.77. The molecule has 0 aliphatic heterocycles. The Balaban J connectivity index is -0.000000130. The van der Waals surface area contributed by atoms with Gasteiger partial charge in [-0.05, 0) is 20.5 Å². The molecule has 0 amide bonds. The molecule has 0 saturated carbocycles. The summed E-state index contributed by atoms with van der Waals surface area (Å²) in [7, 11) is 3.13. The molecule has 0 aromatic carbocycles. The first-order chi connectivity index (χ1) is 9.67. The third-order valence-corrected chi connectivity index (χ3v) is 7.55. The van der Waals surface area contributed by atoms with Crippen LogP contribution in [0.3, 0.4) is 0 Å². The van der Waals surface area contributed by atoms with Crippen molar-refractivity contribution in [2.45, 2.75) is 54.6 Å². The maximum absolute atomic E-state index is 3.39. The van der Waals surface area contributed by atoms with Crippen LogP contribution in [0.5, 0.6) is 0 Å². The van der Waals surface area contributed by atoms with Gasteiger partial charge < -0.3 is 2.85 Å². The van der Waals surface area contributed by atoms with E-state index in [-0.39, 0.29) is 28.7 Å². The van der Waals surface area contributed by atoms with E-state index < -0.39 is 0 Å². The van der Waals surface area contributed by atoms with Gasteiger partial charge in [-0.3, -0.25) is 12.2 Å². The zero-order valence-electron chi connectivity index (χ0n) is 18.2. The Bertz CT molecular complexity index is 450. The average molecular weight is 514 g/mol. The van der Waals surface area contributed by atoms with Crippen LogP contribution in [0, 0.1) is 24.0 Å². The monoisotopic (exact) mass is 515 g/mol. The van der Waals surface area contributed by atoms with Gasteiger partial charge in [-0.1, -0.05) is 66.5 Å². The van der Waals surface area contributed by atoms with E-state index in [1.54, 1.807) is 21.5 Å². The van der Waals surface area contributed by atoms with Crippen LogP contribution in [0.2, 0.25) is 13.1 Å². The van der Waals surface area contributed by atoms with Crippen LogP contribution in [0.15, 0.2) is 32.7 Å². The van der Waals surface area contributed by atoms with Crippen LogP contribution in [-0.2, 0) is 25.8 Å². The predicted molar refractivity (Wildman–Crippen MR) is 110 cm³/mol. The van der Waals surface area contributed by atoms with Crippen LogP contribution in [0.25, 0.3) is 0 Å². The van der Waals surface area contributed by atoms with E-state index in [0.29, 0.717) is 11.8 Å². The molecular formula is C18H35HfSi3-4. The molecule has 0 heterocycles. The summed E-state index contributed by atoms with van der Waals surface area (Å²) >= 11 is 0. The Hall–Kier alpha value is 0.481. The number of hydrogen-bond donors (Lipinski definition) is 0. The standard InChI is InChI=1S/2C8H13Si.C2H7Si.Hf.2H/c2*1-5-4-6(2)8(9)7(5)3;1-3-2;;;/h2*5H,1-3,9H3;3H,1-2H3;;;/q2*-1;;;2*-1. The first-order valence-corrected chi connectivity index (χ1v) is 12.3. The SMILES string of the molecule is CC1=[C-]C(C)C(C)=C1[SiH3].CC1=[C-]C(C)C(C)=C1[SiH3].C[SiH]C.[H-].[H-].[Hf]. The van der Waals surface area contributed by atoms with E-state index in [4.69, 9.17) is 0 Å². The minimum Gasteiger partial charge on any atom is -1.00 e. The quantitative estimate of drug-likeness (QED) is 0.345. The molecule has 2 aliphatic rings. The molecule has 0 aromatic rings. The summed E-state index contributed by atoms with van der Waals surface area (Å²) in [5.41, 5.74) is 5.87. The molecule has 0 nitrogen and oxygen atoms in total. The van der Waals surface area contributed by atoms with E-state index in [2.05, 4.69) is 66.8 Å². The van der Waals surface area contributed by atoms with Gasteiger partial charge in [0.05, 0.1) is 0 Å². The second kappa shape index (κ2) is 11.9. The van der Waals surface area contributed by atoms with Gasteiger partial charge in [0.1, 0.15) is 0 Å². The molecular weight excluding hydrogens is 479 g/mol. The van der Waals surface area contributed by atoms with Crippen LogP contribution >= 0.6 is 0 Å². The van der Waals surface area contributed by atoms with Gasteiger partial charge in [-0.2, -0.15) is 11.1 Å². The normalized spacial score (nSPS) is 23.3. The third-order valence-electron chi connectivity index (χ3n) is 4.47. The van der Waals surface area contributed by atoms with Crippen molar-refractivity contribution in [3.63, 3.8) is 0 Å². The first-order valence-electron chi connectivity index (χ1n) is 7.96. The van der Waals surface area contributed by atoms with Crippen LogP contribution in [0.1, 0.15) is 44.4 Å². The van der Waals surface area contributed by atoms with E-state index in [1.165, 1.54) is 31.6 Å². The number of allylic oxidation sites excluding steroid dienone is 8. The maximum Gasteiger partial charge on any atom is 0.0213 e. The summed E-state index contributed by atoms with van der Waals surface area (Å²) in [4.78, 5) is 0. The summed E-state index contributed by atoms with van der Waals surface area (Å²) in [5.74, 6) is 1.19. The predicted octanol–water partition coefficient (Wildman–Crippen LogP) is 2.79. The second-order valence-corrected chi connectivity index (χ2v) is 9.33. The molecule has 2 atom stereocenters. The van der Waals surface area contributed by atoms with Gasteiger partial charge in [0, 0.05) is 35.4 Å². The molecule has 2 rings (SSSR count). The van der Waals surface area contributed by atoms with Gasteiger partial charge in [0.15, 0.2) is 0 Å². The fraction of sp³-hybridized carbons (Fsp3) is 0.556. The maximum atomic E-state index is 3.39. The molecule has 2 unspecified atom stereocenters. The summed E-state index contributed by atoms with van der Waals surface area (Å²) in [5, 5.41) is 3.14. The van der Waals surface area contributed by atoms with Crippen molar-refractivity contribution in [1.29, 1.82) is 0 Å². The molecule has 127 valence electrons. The van der Waals surface area contributed by atoms with Crippen molar-refractivity contribution in [2.24, 2.45) is 11.8 Å². The summed E-state index contributed by atoms with van der Waals surface area (Å²) in [6.45, 7) is 17.6. The number of rotatable bonds is 0. The van der Waals surface area contributed by atoms with Crippen molar-refractivity contribution in [3.8, 4) is 0 Å². The first kappa shape index (κ1) is 24.7. The van der Waals surface area contributed by atoms with Gasteiger partial charge in [-0.25, -0.2) is 21.5 Å². The third kappa shape index (κ3) is 7.37. The molecule has 0 fully saturated rings. The molecule has 4 heteroatoms. The van der Waals surface area contributed by atoms with Crippen molar-refractivity contribution in [2.75, 3.05) is 0 Å². The second-order valence-electron chi connectivity index (χ2n) is 6.18. The van der Waals surface area contributed by atoms with Crippen molar-refractivity contribution < 1.29 is 28.7 Å². The molecule has 22 heavy (non-hydrogen) atoms. The van der Waals surface area contributed by atoms with E-state index in [9.17, 15) is 0 Å². The van der Waals surface area contributed by atoms with Crippen LogP contribution in [-0.4, -0.2) is 30.0 Å². The Kier molecular flexibility index (Phi) is 13.4. The Morgan fingerprint density at radius 1 is 0.818 bits per heavy atom. The molecule has 1 radical (unpaired) electrons. The topological polar surface area (TPSA) is 0 Å². The van der Waals surface area contributed by atoms with Gasteiger partial charge in [0.2, 0.25) is 0 Å². The molecule has 2 aliphatic carbocycles. The van der Waals surface area contributed by atoms with Gasteiger partial charge in [0.25, 0.3) is 0 Å². The summed E-state index contributed by atoms with van der Waals surface area (Å²) in [6.07, 6.45) is 6.79. The fourth-order valence-electron chi connectivity index (χ4n) is 2.32. The summed E-state index contributed by atoms with van der Waals surface area (Å²) < 4.78 is 0. The van der Waals surface area contributed by atoms with Gasteiger partial charge >= 0.3 is 0 Å².